The van der Waals surface area contributed by atoms with E-state index in [0.29, 0.717) is 5.69 Å². The van der Waals surface area contributed by atoms with Crippen LogP contribution in [-0.2, 0) is 6.42 Å². The van der Waals surface area contributed by atoms with Crippen molar-refractivity contribution in [3.05, 3.63) is 17.5 Å². The molecule has 1 amide bonds. The van der Waals surface area contributed by atoms with Gasteiger partial charge in [0.2, 0.25) is 0 Å². The minimum atomic E-state index is -0.0425. The van der Waals surface area contributed by atoms with Crippen LogP contribution in [0.1, 0.15) is 55.2 Å². The van der Waals surface area contributed by atoms with E-state index in [1.807, 2.05) is 13.0 Å². The topological polar surface area (TPSA) is 57.8 Å². The van der Waals surface area contributed by atoms with E-state index in [0.717, 1.165) is 42.8 Å². The first-order chi connectivity index (χ1) is 9.26. The molecule has 2 saturated carbocycles. The Morgan fingerprint density at radius 1 is 1.47 bits per heavy atom. The van der Waals surface area contributed by atoms with Crippen LogP contribution in [0.4, 0.5) is 0 Å². The molecule has 2 fully saturated rings. The average molecular weight is 261 g/mol. The molecule has 2 N–H and O–H groups in total. The Kier molecular flexibility index (Phi) is 3.58. The zero-order chi connectivity index (χ0) is 13.2. The van der Waals surface area contributed by atoms with Crippen molar-refractivity contribution >= 4 is 5.91 Å². The second kappa shape index (κ2) is 5.35. The predicted molar refractivity (Wildman–Crippen MR) is 73.9 cm³/mol. The third-order valence-electron chi connectivity index (χ3n) is 4.93. The van der Waals surface area contributed by atoms with Crippen molar-refractivity contribution in [2.45, 2.75) is 45.4 Å². The molecule has 19 heavy (non-hydrogen) atoms. The van der Waals surface area contributed by atoms with Crippen LogP contribution in [0.3, 0.4) is 0 Å². The second-order valence-corrected chi connectivity index (χ2v) is 6.11. The van der Waals surface area contributed by atoms with E-state index in [2.05, 4.69) is 15.5 Å². The maximum Gasteiger partial charge on any atom is 0.271 e. The molecule has 3 atom stereocenters. The molecule has 3 rings (SSSR count). The Morgan fingerprint density at radius 3 is 3.00 bits per heavy atom. The number of nitrogens with zero attached hydrogens (tertiary/aromatic N) is 1. The third kappa shape index (κ3) is 2.67. The summed E-state index contributed by atoms with van der Waals surface area (Å²) in [6.07, 6.45) is 7.72. The molecule has 0 aliphatic heterocycles. The number of nitrogens with one attached hydrogen (secondary N) is 2. The molecule has 2 aliphatic rings. The standard InChI is InChI=1S/C15H23N3O/c1-2-13-9-14(18-17-13)15(19)16-6-5-12-8-10-3-4-11(12)7-10/h9-12H,2-8H2,1H3,(H,16,19)(H,17,18). The van der Waals surface area contributed by atoms with Gasteiger partial charge in [-0.2, -0.15) is 5.10 Å². The van der Waals surface area contributed by atoms with Crippen LogP contribution in [0.5, 0.6) is 0 Å². The summed E-state index contributed by atoms with van der Waals surface area (Å²) in [6, 6.07) is 1.84. The van der Waals surface area contributed by atoms with Crippen LogP contribution in [0.15, 0.2) is 6.07 Å². The highest BCUT2D eigenvalue weighted by atomic mass is 16.1. The number of carbonyl (C=O) groups is 1. The van der Waals surface area contributed by atoms with Crippen LogP contribution in [0.2, 0.25) is 0 Å². The van der Waals surface area contributed by atoms with Crippen LogP contribution in [0.25, 0.3) is 0 Å². The normalized spacial score (nSPS) is 28.8. The van der Waals surface area contributed by atoms with Crippen molar-refractivity contribution in [1.82, 2.24) is 15.5 Å². The maximum atomic E-state index is 11.9. The molecule has 4 heteroatoms. The van der Waals surface area contributed by atoms with E-state index >= 15 is 0 Å². The third-order valence-corrected chi connectivity index (χ3v) is 4.93. The lowest BCUT2D eigenvalue weighted by atomic mass is 9.86. The lowest BCUT2D eigenvalue weighted by Gasteiger charge is -2.21. The Hall–Kier alpha value is -1.32. The summed E-state index contributed by atoms with van der Waals surface area (Å²) < 4.78 is 0. The van der Waals surface area contributed by atoms with E-state index in [1.165, 1.54) is 25.7 Å². The maximum absolute atomic E-state index is 11.9. The van der Waals surface area contributed by atoms with Gasteiger partial charge < -0.3 is 5.32 Å². The number of aryl methyl sites for hydroxylation is 1. The number of H-pyrrole nitrogens is 1. The van der Waals surface area contributed by atoms with Crippen molar-refractivity contribution in [3.63, 3.8) is 0 Å². The number of carbonyl (C=O) groups excluding carboxylic acids is 1. The monoisotopic (exact) mass is 261 g/mol. The van der Waals surface area contributed by atoms with Crippen LogP contribution < -0.4 is 5.32 Å². The van der Waals surface area contributed by atoms with Crippen LogP contribution in [0, 0.1) is 17.8 Å². The van der Waals surface area contributed by atoms with Crippen molar-refractivity contribution < 1.29 is 4.79 Å². The zero-order valence-electron chi connectivity index (χ0n) is 11.6. The molecule has 4 nitrogen and oxygen atoms in total. The van der Waals surface area contributed by atoms with Crippen molar-refractivity contribution in [2.75, 3.05) is 6.54 Å². The highest BCUT2D eigenvalue weighted by Crippen LogP contribution is 2.49. The fraction of sp³-hybridized carbons (Fsp3) is 0.733. The first-order valence-electron chi connectivity index (χ1n) is 7.58. The predicted octanol–water partition coefficient (Wildman–Crippen LogP) is 2.53. The highest BCUT2D eigenvalue weighted by Gasteiger charge is 2.38. The van der Waals surface area contributed by atoms with Gasteiger partial charge >= 0.3 is 0 Å². The Balaban J connectivity index is 1.43. The zero-order valence-corrected chi connectivity index (χ0v) is 11.6. The fourth-order valence-electron chi connectivity index (χ4n) is 3.85. The summed E-state index contributed by atoms with van der Waals surface area (Å²) in [7, 11) is 0. The molecule has 0 spiro atoms. The number of amides is 1. The summed E-state index contributed by atoms with van der Waals surface area (Å²) in [5, 5.41) is 9.92. The molecule has 3 unspecified atom stereocenters. The summed E-state index contributed by atoms with van der Waals surface area (Å²) in [4.78, 5) is 11.9. The van der Waals surface area contributed by atoms with Crippen molar-refractivity contribution in [1.29, 1.82) is 0 Å². The van der Waals surface area contributed by atoms with Crippen molar-refractivity contribution in [2.24, 2.45) is 17.8 Å². The quantitative estimate of drug-likeness (QED) is 0.855. The minimum absolute atomic E-state index is 0.0425. The number of aromatic amines is 1. The van der Waals surface area contributed by atoms with E-state index in [9.17, 15) is 4.79 Å². The van der Waals surface area contributed by atoms with Gasteiger partial charge in [-0.3, -0.25) is 9.89 Å². The van der Waals surface area contributed by atoms with Crippen LogP contribution >= 0.6 is 0 Å². The molecule has 1 aromatic rings. The number of fused-ring (bicyclic) bond motifs is 2. The average Bonchev–Trinajstić information content (AvgIpc) is 3.14. The minimum Gasteiger partial charge on any atom is -0.351 e. The van der Waals surface area contributed by atoms with Gasteiger partial charge in [-0.1, -0.05) is 13.3 Å². The van der Waals surface area contributed by atoms with Gasteiger partial charge in [-0.15, -0.1) is 0 Å². The molecule has 1 heterocycles. The fourth-order valence-corrected chi connectivity index (χ4v) is 3.85. The highest BCUT2D eigenvalue weighted by molar-refractivity contribution is 5.92. The largest absolute Gasteiger partial charge is 0.351 e. The molecule has 104 valence electrons. The summed E-state index contributed by atoms with van der Waals surface area (Å²) in [5.41, 5.74) is 1.53. The molecule has 2 bridgehead atoms. The number of aromatic nitrogens is 2. The molecular weight excluding hydrogens is 238 g/mol. The van der Waals surface area contributed by atoms with Gasteiger partial charge in [0.05, 0.1) is 0 Å². The lowest BCUT2D eigenvalue weighted by molar-refractivity contribution is 0.0944. The number of hydrogen-bond donors (Lipinski definition) is 2. The van der Waals surface area contributed by atoms with Gasteiger partial charge in [0.15, 0.2) is 0 Å². The first kappa shape index (κ1) is 12.7. The summed E-state index contributed by atoms with van der Waals surface area (Å²) >= 11 is 0. The Morgan fingerprint density at radius 2 is 2.37 bits per heavy atom. The first-order valence-corrected chi connectivity index (χ1v) is 7.58. The SMILES string of the molecule is CCc1cc(C(=O)NCCC2CC3CCC2C3)n[nH]1. The summed E-state index contributed by atoms with van der Waals surface area (Å²) in [5.74, 6) is 2.74. The molecule has 0 aromatic carbocycles. The van der Waals surface area contributed by atoms with Gasteiger partial charge in [-0.25, -0.2) is 0 Å². The lowest BCUT2D eigenvalue weighted by Crippen LogP contribution is -2.27. The van der Waals surface area contributed by atoms with Crippen molar-refractivity contribution in [3.8, 4) is 0 Å². The number of hydrogen-bond acceptors (Lipinski definition) is 2. The van der Waals surface area contributed by atoms with E-state index in [4.69, 9.17) is 0 Å². The van der Waals surface area contributed by atoms with Crippen LogP contribution in [-0.4, -0.2) is 22.6 Å². The Labute approximate surface area is 114 Å². The molecule has 1 aromatic heterocycles. The molecule has 0 radical (unpaired) electrons. The second-order valence-electron chi connectivity index (χ2n) is 6.11. The Bertz CT molecular complexity index is 454. The van der Waals surface area contributed by atoms with E-state index < -0.39 is 0 Å². The smallest absolute Gasteiger partial charge is 0.271 e. The van der Waals surface area contributed by atoms with E-state index in [-0.39, 0.29) is 5.91 Å². The molecular formula is C15H23N3O. The molecule has 0 saturated heterocycles. The van der Waals surface area contributed by atoms with Gasteiger partial charge in [-0.05, 0) is 55.9 Å². The number of rotatable bonds is 5. The summed E-state index contributed by atoms with van der Waals surface area (Å²) in [6.45, 7) is 2.84. The van der Waals surface area contributed by atoms with Gasteiger partial charge in [0, 0.05) is 12.2 Å². The van der Waals surface area contributed by atoms with Gasteiger partial charge in [0.1, 0.15) is 5.69 Å². The van der Waals surface area contributed by atoms with Gasteiger partial charge in [0.25, 0.3) is 5.91 Å². The molecule has 2 aliphatic carbocycles. The van der Waals surface area contributed by atoms with E-state index in [1.54, 1.807) is 0 Å².